The number of likely N-dealkylation sites (tertiary alicyclic amines) is 1. The predicted octanol–water partition coefficient (Wildman–Crippen LogP) is 1.97. The van der Waals surface area contributed by atoms with Gasteiger partial charge in [-0.2, -0.15) is 0 Å². The number of hydrogen-bond acceptors (Lipinski definition) is 5. The van der Waals surface area contributed by atoms with Crippen molar-refractivity contribution in [2.24, 2.45) is 0 Å². The molecule has 2 amide bonds. The summed E-state index contributed by atoms with van der Waals surface area (Å²) in [4.78, 5) is 31.3. The largest absolute Gasteiger partial charge is 0.349 e. The zero-order chi connectivity index (χ0) is 14.3. The van der Waals surface area contributed by atoms with Crippen LogP contribution in [-0.2, 0) is 22.4 Å². The number of rotatable bonds is 3. The molecule has 108 valence electrons. The number of imide groups is 1. The minimum atomic E-state index is -0.447. The molecule has 1 atom stereocenters. The Morgan fingerprint density at radius 2 is 2.05 bits per heavy atom. The molecule has 1 aliphatic heterocycles. The molecule has 5 nitrogen and oxygen atoms in total. The lowest BCUT2D eigenvalue weighted by Gasteiger charge is -2.18. The smallest absolute Gasteiger partial charge is 0.252 e. The molecule has 0 spiro atoms. The number of anilines is 1. The monoisotopic (exact) mass is 293 g/mol. The summed E-state index contributed by atoms with van der Waals surface area (Å²) in [6, 6.07) is -0.524. The van der Waals surface area contributed by atoms with E-state index in [-0.39, 0.29) is 24.3 Å². The van der Waals surface area contributed by atoms with Crippen molar-refractivity contribution in [2.75, 3.05) is 5.32 Å². The molecule has 3 rings (SSSR count). The number of nitrogens with zero attached hydrogens (tertiary/aromatic N) is 2. The Labute approximate surface area is 122 Å². The molecular weight excluding hydrogens is 274 g/mol. The van der Waals surface area contributed by atoms with Gasteiger partial charge in [-0.25, -0.2) is 4.98 Å². The standard InChI is InChI=1S/C14H19N3O2S/c1-8(2)17-12(18)7-10(13(17)19)16-14-15-9-5-3-4-6-11(9)20-14/h8,10H,3-7H2,1-2H3,(H,15,16). The van der Waals surface area contributed by atoms with Gasteiger partial charge < -0.3 is 5.32 Å². The summed E-state index contributed by atoms with van der Waals surface area (Å²) in [5.41, 5.74) is 1.17. The van der Waals surface area contributed by atoms with Gasteiger partial charge in [-0.05, 0) is 39.5 Å². The maximum absolute atomic E-state index is 12.2. The minimum Gasteiger partial charge on any atom is -0.349 e. The molecular formula is C14H19N3O2S. The molecule has 2 heterocycles. The summed E-state index contributed by atoms with van der Waals surface area (Å²) in [5, 5.41) is 3.94. The van der Waals surface area contributed by atoms with E-state index in [2.05, 4.69) is 10.3 Å². The molecule has 1 N–H and O–H groups in total. The fraction of sp³-hybridized carbons (Fsp3) is 0.643. The van der Waals surface area contributed by atoms with E-state index >= 15 is 0 Å². The molecule has 1 aromatic rings. The van der Waals surface area contributed by atoms with Crippen molar-refractivity contribution in [1.82, 2.24) is 9.88 Å². The van der Waals surface area contributed by atoms with Gasteiger partial charge in [0.15, 0.2) is 5.13 Å². The highest BCUT2D eigenvalue weighted by Gasteiger charge is 2.40. The van der Waals surface area contributed by atoms with E-state index < -0.39 is 6.04 Å². The summed E-state index contributed by atoms with van der Waals surface area (Å²) < 4.78 is 0. The van der Waals surface area contributed by atoms with Crippen LogP contribution < -0.4 is 5.32 Å². The predicted molar refractivity (Wildman–Crippen MR) is 77.8 cm³/mol. The van der Waals surface area contributed by atoms with Crippen LogP contribution in [0.3, 0.4) is 0 Å². The number of nitrogens with one attached hydrogen (secondary N) is 1. The molecule has 0 saturated carbocycles. The van der Waals surface area contributed by atoms with Gasteiger partial charge in [0.05, 0.1) is 12.1 Å². The molecule has 2 aliphatic rings. The highest BCUT2D eigenvalue weighted by Crippen LogP contribution is 2.31. The Bertz CT molecular complexity index is 529. The molecule has 0 aromatic carbocycles. The highest BCUT2D eigenvalue weighted by atomic mass is 32.1. The third-order valence-corrected chi connectivity index (χ3v) is 4.93. The van der Waals surface area contributed by atoms with Crippen LogP contribution in [0.2, 0.25) is 0 Å². The van der Waals surface area contributed by atoms with Crippen molar-refractivity contribution in [3.8, 4) is 0 Å². The van der Waals surface area contributed by atoms with Gasteiger partial charge in [-0.15, -0.1) is 11.3 Å². The lowest BCUT2D eigenvalue weighted by atomic mass is 10.0. The van der Waals surface area contributed by atoms with Crippen LogP contribution in [0.25, 0.3) is 0 Å². The van der Waals surface area contributed by atoms with Crippen molar-refractivity contribution >= 4 is 28.3 Å². The van der Waals surface area contributed by atoms with Crippen LogP contribution in [0.5, 0.6) is 0 Å². The van der Waals surface area contributed by atoms with Crippen LogP contribution in [-0.4, -0.2) is 33.8 Å². The number of carbonyl (C=O) groups is 2. The Kier molecular flexibility index (Phi) is 3.50. The summed E-state index contributed by atoms with van der Waals surface area (Å²) in [7, 11) is 0. The van der Waals surface area contributed by atoms with Gasteiger partial charge in [-0.1, -0.05) is 0 Å². The lowest BCUT2D eigenvalue weighted by Crippen LogP contribution is -2.39. The average Bonchev–Trinajstić information content (AvgIpc) is 2.90. The second-order valence-corrected chi connectivity index (χ2v) is 6.78. The van der Waals surface area contributed by atoms with Gasteiger partial charge in [0.2, 0.25) is 5.91 Å². The lowest BCUT2D eigenvalue weighted by molar-refractivity contribution is -0.140. The van der Waals surface area contributed by atoms with E-state index in [0.29, 0.717) is 0 Å². The number of carbonyl (C=O) groups excluding carboxylic acids is 2. The van der Waals surface area contributed by atoms with Crippen molar-refractivity contribution in [2.45, 2.75) is 58.0 Å². The summed E-state index contributed by atoms with van der Waals surface area (Å²) in [6.45, 7) is 3.72. The van der Waals surface area contributed by atoms with E-state index in [0.717, 1.165) is 18.0 Å². The molecule has 1 fully saturated rings. The van der Waals surface area contributed by atoms with E-state index in [1.165, 1.54) is 28.3 Å². The van der Waals surface area contributed by atoms with Crippen molar-refractivity contribution < 1.29 is 9.59 Å². The molecule has 1 saturated heterocycles. The number of aromatic nitrogens is 1. The zero-order valence-electron chi connectivity index (χ0n) is 11.8. The second kappa shape index (κ2) is 5.16. The number of hydrogen-bond donors (Lipinski definition) is 1. The van der Waals surface area contributed by atoms with Crippen LogP contribution >= 0.6 is 11.3 Å². The van der Waals surface area contributed by atoms with E-state index in [9.17, 15) is 9.59 Å². The molecule has 1 unspecified atom stereocenters. The SMILES string of the molecule is CC(C)N1C(=O)CC(Nc2nc3c(s2)CCCC3)C1=O. The Morgan fingerprint density at radius 3 is 2.70 bits per heavy atom. The number of thiazole rings is 1. The molecule has 20 heavy (non-hydrogen) atoms. The van der Waals surface area contributed by atoms with E-state index in [1.54, 1.807) is 11.3 Å². The number of aryl methyl sites for hydroxylation is 2. The first-order valence-corrected chi connectivity index (χ1v) is 7.99. The summed E-state index contributed by atoms with van der Waals surface area (Å²) in [6.07, 6.45) is 4.77. The van der Waals surface area contributed by atoms with Crippen molar-refractivity contribution in [1.29, 1.82) is 0 Å². The average molecular weight is 293 g/mol. The van der Waals surface area contributed by atoms with E-state index in [4.69, 9.17) is 0 Å². The van der Waals surface area contributed by atoms with Crippen LogP contribution in [0.1, 0.15) is 43.7 Å². The Hall–Kier alpha value is -1.43. The summed E-state index contributed by atoms with van der Waals surface area (Å²) in [5.74, 6) is -0.220. The Balaban J connectivity index is 1.74. The quantitative estimate of drug-likeness (QED) is 0.866. The maximum Gasteiger partial charge on any atom is 0.252 e. The van der Waals surface area contributed by atoms with Gasteiger partial charge in [-0.3, -0.25) is 14.5 Å². The van der Waals surface area contributed by atoms with Gasteiger partial charge in [0, 0.05) is 10.9 Å². The van der Waals surface area contributed by atoms with Crippen LogP contribution in [0.15, 0.2) is 0 Å². The fourth-order valence-corrected chi connectivity index (χ4v) is 3.97. The maximum atomic E-state index is 12.2. The Morgan fingerprint density at radius 1 is 1.30 bits per heavy atom. The first-order chi connectivity index (χ1) is 9.56. The molecule has 6 heteroatoms. The fourth-order valence-electron chi connectivity index (χ4n) is 2.87. The number of amides is 2. The molecule has 1 aromatic heterocycles. The van der Waals surface area contributed by atoms with Crippen LogP contribution in [0.4, 0.5) is 5.13 Å². The topological polar surface area (TPSA) is 62.3 Å². The van der Waals surface area contributed by atoms with Gasteiger partial charge in [0.25, 0.3) is 5.91 Å². The van der Waals surface area contributed by atoms with Crippen LogP contribution in [0, 0.1) is 0 Å². The first-order valence-electron chi connectivity index (χ1n) is 7.17. The first kappa shape index (κ1) is 13.5. The summed E-state index contributed by atoms with van der Waals surface area (Å²) >= 11 is 1.63. The number of fused-ring (bicyclic) bond motifs is 1. The van der Waals surface area contributed by atoms with Crippen molar-refractivity contribution in [3.05, 3.63) is 10.6 Å². The van der Waals surface area contributed by atoms with Gasteiger partial charge >= 0.3 is 0 Å². The minimum absolute atomic E-state index is 0.0775. The normalized spacial score (nSPS) is 22.6. The van der Waals surface area contributed by atoms with E-state index in [1.807, 2.05) is 13.8 Å². The zero-order valence-corrected chi connectivity index (χ0v) is 12.6. The highest BCUT2D eigenvalue weighted by molar-refractivity contribution is 7.15. The van der Waals surface area contributed by atoms with Gasteiger partial charge in [0.1, 0.15) is 6.04 Å². The third kappa shape index (κ3) is 2.32. The molecule has 0 radical (unpaired) electrons. The molecule has 1 aliphatic carbocycles. The second-order valence-electron chi connectivity index (χ2n) is 5.69. The third-order valence-electron chi connectivity index (χ3n) is 3.84. The molecule has 0 bridgehead atoms. The van der Waals surface area contributed by atoms with Crippen molar-refractivity contribution in [3.63, 3.8) is 0 Å².